The third-order valence-electron chi connectivity index (χ3n) is 3.86. The number of pyridine rings is 1. The standard InChI is InChI=1S/C15H17BrN2O/c16-10-11-4-7-18(8-5-11)15-14-9-13(19)2-1-12(14)3-6-17-15/h1-3,6,9,11,19H,4-5,7-8,10H2. The van der Waals surface area contributed by atoms with E-state index in [4.69, 9.17) is 0 Å². The minimum absolute atomic E-state index is 0.303. The van der Waals surface area contributed by atoms with Crippen LogP contribution in [0, 0.1) is 5.92 Å². The number of alkyl halides is 1. The molecule has 4 heteroatoms. The van der Waals surface area contributed by atoms with Gasteiger partial charge in [0.05, 0.1) is 0 Å². The molecule has 1 aliphatic heterocycles. The molecule has 0 atom stereocenters. The summed E-state index contributed by atoms with van der Waals surface area (Å²) in [5.41, 5.74) is 0. The lowest BCUT2D eigenvalue weighted by molar-refractivity contribution is 0.445. The molecule has 1 saturated heterocycles. The molecule has 0 amide bonds. The Morgan fingerprint density at radius 3 is 2.79 bits per heavy atom. The fraction of sp³-hybridized carbons (Fsp3) is 0.400. The highest BCUT2D eigenvalue weighted by Crippen LogP contribution is 2.30. The SMILES string of the molecule is Oc1ccc2ccnc(N3CCC(CBr)CC3)c2c1. The summed E-state index contributed by atoms with van der Waals surface area (Å²) in [7, 11) is 0. The van der Waals surface area contributed by atoms with E-state index in [-0.39, 0.29) is 0 Å². The molecular weight excluding hydrogens is 304 g/mol. The predicted octanol–water partition coefficient (Wildman–Crippen LogP) is 3.55. The molecule has 0 bridgehead atoms. The van der Waals surface area contributed by atoms with E-state index in [2.05, 4.69) is 25.8 Å². The van der Waals surface area contributed by atoms with E-state index in [1.807, 2.05) is 24.4 Å². The van der Waals surface area contributed by atoms with Crippen molar-refractivity contribution in [3.05, 3.63) is 30.5 Å². The number of hydrogen-bond acceptors (Lipinski definition) is 3. The van der Waals surface area contributed by atoms with Gasteiger partial charge in [-0.2, -0.15) is 0 Å². The molecule has 3 rings (SSSR count). The van der Waals surface area contributed by atoms with Crippen LogP contribution in [0.5, 0.6) is 5.75 Å². The average molecular weight is 321 g/mol. The van der Waals surface area contributed by atoms with Gasteiger partial charge in [0.15, 0.2) is 0 Å². The minimum atomic E-state index is 0.303. The second-order valence-corrected chi connectivity index (χ2v) is 5.77. The van der Waals surface area contributed by atoms with E-state index in [0.717, 1.165) is 40.9 Å². The van der Waals surface area contributed by atoms with E-state index in [9.17, 15) is 5.11 Å². The van der Waals surface area contributed by atoms with Gasteiger partial charge in [0.25, 0.3) is 0 Å². The third-order valence-corrected chi connectivity index (χ3v) is 4.78. The van der Waals surface area contributed by atoms with Crippen LogP contribution < -0.4 is 4.90 Å². The van der Waals surface area contributed by atoms with Gasteiger partial charge in [0, 0.05) is 30.0 Å². The second-order valence-electron chi connectivity index (χ2n) is 5.12. The van der Waals surface area contributed by atoms with Crippen LogP contribution in [0.25, 0.3) is 10.8 Å². The number of piperidine rings is 1. The Kier molecular flexibility index (Phi) is 3.60. The average Bonchev–Trinajstić information content (AvgIpc) is 2.47. The number of anilines is 1. The van der Waals surface area contributed by atoms with Gasteiger partial charge in [-0.05, 0) is 42.3 Å². The zero-order chi connectivity index (χ0) is 13.2. The summed E-state index contributed by atoms with van der Waals surface area (Å²) in [6.07, 6.45) is 4.25. The molecule has 0 aliphatic carbocycles. The number of halogens is 1. The van der Waals surface area contributed by atoms with Crippen molar-refractivity contribution in [2.45, 2.75) is 12.8 Å². The normalized spacial score (nSPS) is 17.0. The lowest BCUT2D eigenvalue weighted by Gasteiger charge is -2.32. The molecule has 0 saturated carbocycles. The Labute approximate surface area is 121 Å². The van der Waals surface area contributed by atoms with Gasteiger partial charge in [-0.25, -0.2) is 4.98 Å². The molecule has 1 aromatic carbocycles. The van der Waals surface area contributed by atoms with Gasteiger partial charge in [-0.3, -0.25) is 0 Å². The largest absolute Gasteiger partial charge is 0.508 e. The molecule has 0 radical (unpaired) electrons. The van der Waals surface area contributed by atoms with Crippen LogP contribution in [0.2, 0.25) is 0 Å². The summed E-state index contributed by atoms with van der Waals surface area (Å²) in [4.78, 5) is 6.86. The van der Waals surface area contributed by atoms with Crippen LogP contribution in [0.4, 0.5) is 5.82 Å². The summed E-state index contributed by atoms with van der Waals surface area (Å²) in [5.74, 6) is 2.08. The predicted molar refractivity (Wildman–Crippen MR) is 82.1 cm³/mol. The third kappa shape index (κ3) is 2.54. The van der Waals surface area contributed by atoms with Crippen LogP contribution >= 0.6 is 15.9 Å². The molecule has 0 unspecified atom stereocenters. The topological polar surface area (TPSA) is 36.4 Å². The molecule has 1 N–H and O–H groups in total. The van der Waals surface area contributed by atoms with Crippen LogP contribution in [0.3, 0.4) is 0 Å². The first-order valence-corrected chi connectivity index (χ1v) is 7.78. The van der Waals surface area contributed by atoms with Crippen LogP contribution in [-0.4, -0.2) is 28.5 Å². The molecule has 2 heterocycles. The first-order chi connectivity index (χ1) is 9.28. The number of nitrogens with zero attached hydrogens (tertiary/aromatic N) is 2. The van der Waals surface area contributed by atoms with Crippen LogP contribution in [0.1, 0.15) is 12.8 Å². The van der Waals surface area contributed by atoms with Crippen molar-refractivity contribution in [3.8, 4) is 5.75 Å². The zero-order valence-electron chi connectivity index (χ0n) is 10.7. The Bertz CT molecular complexity index is 579. The highest BCUT2D eigenvalue weighted by Gasteiger charge is 2.20. The lowest BCUT2D eigenvalue weighted by Crippen LogP contribution is -2.34. The van der Waals surface area contributed by atoms with Crippen LogP contribution in [-0.2, 0) is 0 Å². The second kappa shape index (κ2) is 5.37. The number of fused-ring (bicyclic) bond motifs is 1. The Balaban J connectivity index is 1.94. The zero-order valence-corrected chi connectivity index (χ0v) is 12.3. The molecule has 1 aliphatic rings. The van der Waals surface area contributed by atoms with Gasteiger partial charge in [-0.1, -0.05) is 22.0 Å². The fourth-order valence-corrected chi connectivity index (χ4v) is 3.34. The van der Waals surface area contributed by atoms with Crippen LogP contribution in [0.15, 0.2) is 30.5 Å². The van der Waals surface area contributed by atoms with E-state index < -0.39 is 0 Å². The maximum Gasteiger partial charge on any atom is 0.136 e. The summed E-state index contributed by atoms with van der Waals surface area (Å²) in [6.45, 7) is 2.08. The molecule has 19 heavy (non-hydrogen) atoms. The van der Waals surface area contributed by atoms with Crippen molar-refractivity contribution < 1.29 is 5.11 Å². The summed E-state index contributed by atoms with van der Waals surface area (Å²) < 4.78 is 0. The maximum atomic E-state index is 9.68. The van der Waals surface area contributed by atoms with E-state index in [1.165, 1.54) is 12.8 Å². The Morgan fingerprint density at radius 2 is 2.05 bits per heavy atom. The summed E-state index contributed by atoms with van der Waals surface area (Å²) in [5, 5.41) is 12.9. The van der Waals surface area contributed by atoms with Gasteiger partial charge in [0.1, 0.15) is 11.6 Å². The molecule has 100 valence electrons. The number of aromatic hydroxyl groups is 1. The quantitative estimate of drug-likeness (QED) is 0.860. The van der Waals surface area contributed by atoms with Gasteiger partial charge >= 0.3 is 0 Å². The monoisotopic (exact) mass is 320 g/mol. The van der Waals surface area contributed by atoms with Gasteiger partial charge in [0.2, 0.25) is 0 Å². The molecule has 1 fully saturated rings. The highest BCUT2D eigenvalue weighted by atomic mass is 79.9. The molecule has 3 nitrogen and oxygen atoms in total. The maximum absolute atomic E-state index is 9.68. The molecule has 1 aromatic heterocycles. The van der Waals surface area contributed by atoms with E-state index in [1.54, 1.807) is 6.07 Å². The Hall–Kier alpha value is -1.29. The van der Waals surface area contributed by atoms with Crippen molar-refractivity contribution in [1.29, 1.82) is 0 Å². The number of aromatic nitrogens is 1. The van der Waals surface area contributed by atoms with E-state index in [0.29, 0.717) is 5.75 Å². The molecular formula is C15H17BrN2O. The van der Waals surface area contributed by atoms with Crippen molar-refractivity contribution in [1.82, 2.24) is 4.98 Å². The van der Waals surface area contributed by atoms with Crippen molar-refractivity contribution >= 4 is 32.5 Å². The van der Waals surface area contributed by atoms with Crippen molar-refractivity contribution in [3.63, 3.8) is 0 Å². The Morgan fingerprint density at radius 1 is 1.26 bits per heavy atom. The van der Waals surface area contributed by atoms with Gasteiger partial charge < -0.3 is 10.0 Å². The first-order valence-electron chi connectivity index (χ1n) is 6.66. The summed E-state index contributed by atoms with van der Waals surface area (Å²) >= 11 is 3.57. The number of benzene rings is 1. The van der Waals surface area contributed by atoms with Gasteiger partial charge in [-0.15, -0.1) is 0 Å². The number of hydrogen-bond donors (Lipinski definition) is 1. The van der Waals surface area contributed by atoms with E-state index >= 15 is 0 Å². The number of phenolic OH excluding ortho intramolecular Hbond substituents is 1. The van der Waals surface area contributed by atoms with Crippen molar-refractivity contribution in [2.24, 2.45) is 5.92 Å². The fourth-order valence-electron chi connectivity index (χ4n) is 2.69. The van der Waals surface area contributed by atoms with Crippen molar-refractivity contribution in [2.75, 3.05) is 23.3 Å². The number of rotatable bonds is 2. The molecule has 0 spiro atoms. The minimum Gasteiger partial charge on any atom is -0.508 e. The first kappa shape index (κ1) is 12.7. The highest BCUT2D eigenvalue weighted by molar-refractivity contribution is 9.09. The number of phenols is 1. The molecule has 2 aromatic rings. The summed E-state index contributed by atoms with van der Waals surface area (Å²) in [6, 6.07) is 7.47. The lowest BCUT2D eigenvalue weighted by atomic mass is 9.99. The smallest absolute Gasteiger partial charge is 0.136 e.